The topological polar surface area (TPSA) is 20.2 Å². The lowest BCUT2D eigenvalue weighted by atomic mass is 9.87. The molecule has 0 aliphatic carbocycles. The van der Waals surface area contributed by atoms with Gasteiger partial charge in [-0.15, -0.1) is 0 Å². The molecule has 0 saturated carbocycles. The zero-order valence-corrected chi connectivity index (χ0v) is 11.6. The molecule has 2 aromatic carbocycles. The molecule has 0 aliphatic heterocycles. The van der Waals surface area contributed by atoms with Gasteiger partial charge in [-0.2, -0.15) is 0 Å². The van der Waals surface area contributed by atoms with Crippen LogP contribution in [0.5, 0.6) is 0 Å². The molecule has 19 heavy (non-hydrogen) atoms. The predicted octanol–water partition coefficient (Wildman–Crippen LogP) is 3.89. The van der Waals surface area contributed by atoms with Crippen LogP contribution in [-0.2, 0) is 12.0 Å². The highest BCUT2D eigenvalue weighted by Gasteiger charge is 2.25. The fourth-order valence-corrected chi connectivity index (χ4v) is 2.19. The lowest BCUT2D eigenvalue weighted by molar-refractivity contribution is 0.0566. The Kier molecular flexibility index (Phi) is 3.72. The van der Waals surface area contributed by atoms with E-state index in [2.05, 4.69) is 0 Å². The molecule has 1 N–H and O–H groups in total. The average molecular weight is 258 g/mol. The second-order valence-corrected chi connectivity index (χ2v) is 5.34. The van der Waals surface area contributed by atoms with E-state index in [1.807, 2.05) is 32.0 Å². The monoisotopic (exact) mass is 258 g/mol. The van der Waals surface area contributed by atoms with Gasteiger partial charge >= 0.3 is 0 Å². The van der Waals surface area contributed by atoms with E-state index in [4.69, 9.17) is 0 Å². The van der Waals surface area contributed by atoms with Crippen molar-refractivity contribution in [2.75, 3.05) is 0 Å². The van der Waals surface area contributed by atoms with Crippen molar-refractivity contribution < 1.29 is 9.50 Å². The van der Waals surface area contributed by atoms with Crippen molar-refractivity contribution in [3.05, 3.63) is 70.5 Å². The number of hydrogen-bond donors (Lipinski definition) is 1. The Morgan fingerprint density at radius 3 is 2.37 bits per heavy atom. The Balaban J connectivity index is 2.32. The van der Waals surface area contributed by atoms with Crippen LogP contribution in [0.2, 0.25) is 0 Å². The maximum Gasteiger partial charge on any atom is 0.126 e. The summed E-state index contributed by atoms with van der Waals surface area (Å²) < 4.78 is 13.7. The molecule has 0 fully saturated rings. The van der Waals surface area contributed by atoms with Gasteiger partial charge in [0.05, 0.1) is 5.60 Å². The molecule has 0 bridgehead atoms. The van der Waals surface area contributed by atoms with Crippen molar-refractivity contribution in [2.45, 2.75) is 32.8 Å². The summed E-state index contributed by atoms with van der Waals surface area (Å²) in [7, 11) is 0. The quantitative estimate of drug-likeness (QED) is 0.885. The third-order valence-electron chi connectivity index (χ3n) is 3.62. The minimum Gasteiger partial charge on any atom is -0.385 e. The summed E-state index contributed by atoms with van der Waals surface area (Å²) in [5.74, 6) is -0.272. The molecule has 0 radical (unpaired) electrons. The van der Waals surface area contributed by atoms with E-state index in [0.29, 0.717) is 5.56 Å². The van der Waals surface area contributed by atoms with Gasteiger partial charge in [0, 0.05) is 6.42 Å². The first-order valence-corrected chi connectivity index (χ1v) is 6.44. The maximum atomic E-state index is 13.7. The molecule has 100 valence electrons. The summed E-state index contributed by atoms with van der Waals surface area (Å²) in [5.41, 5.74) is 2.60. The minimum atomic E-state index is -1.07. The van der Waals surface area contributed by atoms with Crippen molar-refractivity contribution in [2.24, 2.45) is 0 Å². The maximum absolute atomic E-state index is 13.7. The fourth-order valence-electron chi connectivity index (χ4n) is 2.19. The largest absolute Gasteiger partial charge is 0.385 e. The summed E-state index contributed by atoms with van der Waals surface area (Å²) in [6.07, 6.45) is 0.266. The lowest BCUT2D eigenvalue weighted by Gasteiger charge is -2.25. The molecule has 2 rings (SSSR count). The van der Waals surface area contributed by atoms with Crippen molar-refractivity contribution >= 4 is 0 Å². The van der Waals surface area contributed by atoms with Gasteiger partial charge in [-0.1, -0.05) is 36.4 Å². The highest BCUT2D eigenvalue weighted by molar-refractivity contribution is 5.34. The van der Waals surface area contributed by atoms with Crippen LogP contribution >= 0.6 is 0 Å². The predicted molar refractivity (Wildman–Crippen MR) is 75.6 cm³/mol. The molecule has 0 aliphatic rings. The van der Waals surface area contributed by atoms with Crippen LogP contribution in [0.15, 0.2) is 42.5 Å². The zero-order valence-electron chi connectivity index (χ0n) is 11.6. The van der Waals surface area contributed by atoms with E-state index < -0.39 is 5.60 Å². The molecule has 1 atom stereocenters. The van der Waals surface area contributed by atoms with E-state index in [9.17, 15) is 9.50 Å². The Hall–Kier alpha value is -1.67. The summed E-state index contributed by atoms with van der Waals surface area (Å²) >= 11 is 0. The molecule has 0 spiro atoms. The van der Waals surface area contributed by atoms with Crippen molar-refractivity contribution in [1.29, 1.82) is 0 Å². The van der Waals surface area contributed by atoms with E-state index >= 15 is 0 Å². The summed E-state index contributed by atoms with van der Waals surface area (Å²) in [6.45, 7) is 5.77. The molecule has 0 saturated heterocycles. The zero-order chi connectivity index (χ0) is 14.0. The van der Waals surface area contributed by atoms with Crippen LogP contribution in [0.4, 0.5) is 4.39 Å². The first-order valence-electron chi connectivity index (χ1n) is 6.44. The van der Waals surface area contributed by atoms with Crippen LogP contribution in [0.25, 0.3) is 0 Å². The number of hydrogen-bond acceptors (Lipinski definition) is 1. The smallest absolute Gasteiger partial charge is 0.126 e. The first-order chi connectivity index (χ1) is 8.90. The van der Waals surface area contributed by atoms with Crippen LogP contribution in [0, 0.1) is 19.7 Å². The molecule has 1 nitrogen and oxygen atoms in total. The number of rotatable bonds is 3. The summed E-state index contributed by atoms with van der Waals surface area (Å²) in [4.78, 5) is 0. The van der Waals surface area contributed by atoms with E-state index in [0.717, 1.165) is 11.1 Å². The van der Waals surface area contributed by atoms with Gasteiger partial charge in [0.25, 0.3) is 0 Å². The Morgan fingerprint density at radius 2 is 1.74 bits per heavy atom. The molecule has 0 amide bonds. The Morgan fingerprint density at radius 1 is 1.05 bits per heavy atom. The summed E-state index contributed by atoms with van der Waals surface area (Å²) in [6, 6.07) is 12.4. The standard InChI is InChI=1S/C17H19FO/c1-12-8-9-15(10-13(12)2)17(3,19)11-14-6-4-5-7-16(14)18/h4-10,19H,11H2,1-3H3. The SMILES string of the molecule is Cc1ccc(C(C)(O)Cc2ccccc2F)cc1C. The third-order valence-corrected chi connectivity index (χ3v) is 3.62. The molecule has 1 unspecified atom stereocenters. The molecule has 2 aromatic rings. The fraction of sp³-hybridized carbons (Fsp3) is 0.294. The van der Waals surface area contributed by atoms with Crippen LogP contribution in [-0.4, -0.2) is 5.11 Å². The van der Waals surface area contributed by atoms with Crippen molar-refractivity contribution in [3.8, 4) is 0 Å². The van der Waals surface area contributed by atoms with Gasteiger partial charge < -0.3 is 5.11 Å². The normalized spacial score (nSPS) is 14.2. The Bertz CT molecular complexity index is 588. The third kappa shape index (κ3) is 3.02. The average Bonchev–Trinajstić information content (AvgIpc) is 2.35. The van der Waals surface area contributed by atoms with Gasteiger partial charge in [0.2, 0.25) is 0 Å². The van der Waals surface area contributed by atoms with E-state index in [1.165, 1.54) is 11.6 Å². The number of aryl methyl sites for hydroxylation is 2. The number of benzene rings is 2. The van der Waals surface area contributed by atoms with Crippen LogP contribution in [0.3, 0.4) is 0 Å². The molecular formula is C17H19FO. The van der Waals surface area contributed by atoms with Crippen LogP contribution in [0.1, 0.15) is 29.2 Å². The molecule has 0 heterocycles. The first kappa shape index (κ1) is 13.8. The highest BCUT2D eigenvalue weighted by atomic mass is 19.1. The van der Waals surface area contributed by atoms with Gasteiger partial charge in [0.1, 0.15) is 5.82 Å². The van der Waals surface area contributed by atoms with Gasteiger partial charge in [0.15, 0.2) is 0 Å². The minimum absolute atomic E-state index is 0.266. The Labute approximate surface area is 113 Å². The second kappa shape index (κ2) is 5.14. The summed E-state index contributed by atoms with van der Waals surface area (Å²) in [5, 5.41) is 10.6. The van der Waals surface area contributed by atoms with Gasteiger partial charge in [-0.25, -0.2) is 4.39 Å². The highest BCUT2D eigenvalue weighted by Crippen LogP contribution is 2.27. The number of aliphatic hydroxyl groups is 1. The lowest BCUT2D eigenvalue weighted by Crippen LogP contribution is -2.25. The van der Waals surface area contributed by atoms with Gasteiger partial charge in [-0.05, 0) is 49.1 Å². The van der Waals surface area contributed by atoms with Crippen LogP contribution < -0.4 is 0 Å². The van der Waals surface area contributed by atoms with E-state index in [-0.39, 0.29) is 12.2 Å². The molecule has 0 aromatic heterocycles. The van der Waals surface area contributed by atoms with E-state index in [1.54, 1.807) is 25.1 Å². The molecule has 2 heteroatoms. The van der Waals surface area contributed by atoms with Crippen molar-refractivity contribution in [1.82, 2.24) is 0 Å². The molecular weight excluding hydrogens is 239 g/mol. The van der Waals surface area contributed by atoms with Gasteiger partial charge in [-0.3, -0.25) is 0 Å². The number of halogens is 1. The second-order valence-electron chi connectivity index (χ2n) is 5.34. The van der Waals surface area contributed by atoms with Crippen molar-refractivity contribution in [3.63, 3.8) is 0 Å².